The SMILES string of the molecule is COc1cccc(OCc2c(C(=O)O)nnn2CCCO)c1. The molecule has 0 fully saturated rings. The highest BCUT2D eigenvalue weighted by Crippen LogP contribution is 2.20. The van der Waals surface area contributed by atoms with Gasteiger partial charge < -0.3 is 19.7 Å². The summed E-state index contributed by atoms with van der Waals surface area (Å²) in [4.78, 5) is 11.2. The van der Waals surface area contributed by atoms with Crippen LogP contribution in [-0.2, 0) is 13.2 Å². The monoisotopic (exact) mass is 307 g/mol. The number of nitrogens with zero attached hydrogens (tertiary/aromatic N) is 3. The molecule has 8 heteroatoms. The normalized spacial score (nSPS) is 10.5. The molecule has 1 aromatic heterocycles. The van der Waals surface area contributed by atoms with Crippen LogP contribution in [0.25, 0.3) is 0 Å². The van der Waals surface area contributed by atoms with Gasteiger partial charge in [-0.2, -0.15) is 0 Å². The topological polar surface area (TPSA) is 107 Å². The van der Waals surface area contributed by atoms with Crippen molar-refractivity contribution < 1.29 is 24.5 Å². The minimum absolute atomic E-state index is 0.00717. The van der Waals surface area contributed by atoms with Crippen LogP contribution in [-0.4, -0.2) is 44.9 Å². The van der Waals surface area contributed by atoms with Crippen molar-refractivity contribution in [3.63, 3.8) is 0 Å². The fraction of sp³-hybridized carbons (Fsp3) is 0.357. The molecule has 22 heavy (non-hydrogen) atoms. The molecule has 0 aliphatic carbocycles. The van der Waals surface area contributed by atoms with Gasteiger partial charge in [-0.25, -0.2) is 9.48 Å². The number of aromatic carboxylic acids is 1. The largest absolute Gasteiger partial charge is 0.497 e. The van der Waals surface area contributed by atoms with Gasteiger partial charge in [0.15, 0.2) is 5.69 Å². The predicted octanol–water partition coefficient (Wildman–Crippen LogP) is 0.946. The Bertz CT molecular complexity index is 641. The Labute approximate surface area is 126 Å². The molecule has 2 aromatic rings. The van der Waals surface area contributed by atoms with Crippen LogP contribution in [0.1, 0.15) is 22.6 Å². The van der Waals surface area contributed by atoms with Crippen molar-refractivity contribution in [2.45, 2.75) is 19.6 Å². The van der Waals surface area contributed by atoms with E-state index in [9.17, 15) is 4.79 Å². The number of aromatic nitrogens is 3. The number of aryl methyl sites for hydroxylation is 1. The Balaban J connectivity index is 2.15. The molecule has 0 radical (unpaired) electrons. The number of ether oxygens (including phenoxy) is 2. The lowest BCUT2D eigenvalue weighted by Gasteiger charge is -2.09. The molecule has 1 aromatic carbocycles. The fourth-order valence-electron chi connectivity index (χ4n) is 1.88. The molecule has 0 aliphatic heterocycles. The number of rotatable bonds is 8. The van der Waals surface area contributed by atoms with E-state index in [0.717, 1.165) is 0 Å². The minimum atomic E-state index is -1.17. The molecule has 0 spiro atoms. The van der Waals surface area contributed by atoms with Crippen LogP contribution < -0.4 is 9.47 Å². The molecule has 0 unspecified atom stereocenters. The zero-order valence-electron chi connectivity index (χ0n) is 12.1. The van der Waals surface area contributed by atoms with Gasteiger partial charge in [-0.3, -0.25) is 0 Å². The average molecular weight is 307 g/mol. The maximum Gasteiger partial charge on any atom is 0.358 e. The molecule has 118 valence electrons. The van der Waals surface area contributed by atoms with Gasteiger partial charge in [0, 0.05) is 19.2 Å². The Hall–Kier alpha value is -2.61. The summed E-state index contributed by atoms with van der Waals surface area (Å²) in [5, 5.41) is 25.5. The second kappa shape index (κ2) is 7.41. The van der Waals surface area contributed by atoms with E-state index in [1.54, 1.807) is 31.4 Å². The summed E-state index contributed by atoms with van der Waals surface area (Å²) in [7, 11) is 1.55. The summed E-state index contributed by atoms with van der Waals surface area (Å²) in [5.74, 6) is 0.0213. The van der Waals surface area contributed by atoms with Crippen molar-refractivity contribution in [3.8, 4) is 11.5 Å². The van der Waals surface area contributed by atoms with Crippen molar-refractivity contribution in [1.29, 1.82) is 0 Å². The van der Waals surface area contributed by atoms with Crippen LogP contribution in [0.4, 0.5) is 0 Å². The summed E-state index contributed by atoms with van der Waals surface area (Å²) in [6, 6.07) is 6.99. The molecule has 0 aliphatic rings. The number of carboxylic acids is 1. The lowest BCUT2D eigenvalue weighted by Crippen LogP contribution is -2.12. The van der Waals surface area contributed by atoms with Crippen molar-refractivity contribution in [2.75, 3.05) is 13.7 Å². The second-order valence-electron chi connectivity index (χ2n) is 4.46. The molecule has 2 rings (SSSR count). The van der Waals surface area contributed by atoms with E-state index < -0.39 is 5.97 Å². The van der Waals surface area contributed by atoms with Crippen LogP contribution in [0.15, 0.2) is 24.3 Å². The Kier molecular flexibility index (Phi) is 5.31. The Morgan fingerprint density at radius 1 is 1.36 bits per heavy atom. The molecule has 0 amide bonds. The van der Waals surface area contributed by atoms with E-state index in [1.165, 1.54) is 4.68 Å². The van der Waals surface area contributed by atoms with Gasteiger partial charge >= 0.3 is 5.97 Å². The zero-order chi connectivity index (χ0) is 15.9. The first-order valence-electron chi connectivity index (χ1n) is 6.69. The number of carbonyl (C=O) groups is 1. The van der Waals surface area contributed by atoms with Gasteiger partial charge in [0.05, 0.1) is 7.11 Å². The first-order valence-corrected chi connectivity index (χ1v) is 6.69. The van der Waals surface area contributed by atoms with E-state index >= 15 is 0 Å². The maximum atomic E-state index is 11.2. The van der Waals surface area contributed by atoms with Crippen molar-refractivity contribution in [2.24, 2.45) is 0 Å². The van der Waals surface area contributed by atoms with E-state index in [1.807, 2.05) is 0 Å². The quantitative estimate of drug-likeness (QED) is 0.747. The molecule has 0 saturated carbocycles. The van der Waals surface area contributed by atoms with Gasteiger partial charge in [0.25, 0.3) is 0 Å². The van der Waals surface area contributed by atoms with Gasteiger partial charge in [0.1, 0.15) is 23.8 Å². The van der Waals surface area contributed by atoms with Gasteiger partial charge in [-0.05, 0) is 18.6 Å². The van der Waals surface area contributed by atoms with Crippen LogP contribution >= 0.6 is 0 Å². The third-order valence-corrected chi connectivity index (χ3v) is 2.98. The van der Waals surface area contributed by atoms with Crippen LogP contribution in [0.3, 0.4) is 0 Å². The lowest BCUT2D eigenvalue weighted by molar-refractivity contribution is 0.0687. The van der Waals surface area contributed by atoms with Crippen molar-refractivity contribution >= 4 is 5.97 Å². The smallest absolute Gasteiger partial charge is 0.358 e. The highest BCUT2D eigenvalue weighted by molar-refractivity contribution is 5.86. The van der Waals surface area contributed by atoms with E-state index in [0.29, 0.717) is 30.2 Å². The summed E-state index contributed by atoms with van der Waals surface area (Å²) in [5.41, 5.74) is 0.199. The van der Waals surface area contributed by atoms with Crippen molar-refractivity contribution in [3.05, 3.63) is 35.7 Å². The fourth-order valence-corrected chi connectivity index (χ4v) is 1.88. The Morgan fingerprint density at radius 3 is 2.82 bits per heavy atom. The first-order chi connectivity index (χ1) is 10.7. The number of hydrogen-bond donors (Lipinski definition) is 2. The third kappa shape index (κ3) is 3.73. The number of benzene rings is 1. The van der Waals surface area contributed by atoms with Gasteiger partial charge in [-0.1, -0.05) is 11.3 Å². The summed E-state index contributed by atoms with van der Waals surface area (Å²) in [6.07, 6.45) is 0.453. The molecule has 1 heterocycles. The van der Waals surface area contributed by atoms with Gasteiger partial charge in [-0.15, -0.1) is 5.10 Å². The molecule has 0 atom stereocenters. The van der Waals surface area contributed by atoms with E-state index in [-0.39, 0.29) is 18.9 Å². The molecular formula is C14H17N3O5. The standard InChI is InChI=1S/C14H17N3O5/c1-21-10-4-2-5-11(8-10)22-9-12-13(14(19)20)15-16-17(12)6-3-7-18/h2,4-5,8,18H,3,6-7,9H2,1H3,(H,19,20). The molecular weight excluding hydrogens is 290 g/mol. The molecule has 8 nitrogen and oxygen atoms in total. The molecule has 2 N–H and O–H groups in total. The number of hydrogen-bond acceptors (Lipinski definition) is 6. The maximum absolute atomic E-state index is 11.2. The summed E-state index contributed by atoms with van der Waals surface area (Å²) < 4.78 is 12.1. The predicted molar refractivity (Wildman–Crippen MR) is 76.0 cm³/mol. The summed E-state index contributed by atoms with van der Waals surface area (Å²) >= 11 is 0. The van der Waals surface area contributed by atoms with Crippen LogP contribution in [0, 0.1) is 0 Å². The van der Waals surface area contributed by atoms with E-state index in [4.69, 9.17) is 19.7 Å². The van der Waals surface area contributed by atoms with Crippen molar-refractivity contribution in [1.82, 2.24) is 15.0 Å². The number of methoxy groups -OCH3 is 1. The molecule has 0 saturated heterocycles. The highest BCUT2D eigenvalue weighted by atomic mass is 16.5. The van der Waals surface area contributed by atoms with Crippen LogP contribution in [0.5, 0.6) is 11.5 Å². The minimum Gasteiger partial charge on any atom is -0.497 e. The molecule has 0 bridgehead atoms. The van der Waals surface area contributed by atoms with E-state index in [2.05, 4.69) is 10.3 Å². The number of carboxylic acid groups (broad SMARTS) is 1. The lowest BCUT2D eigenvalue weighted by atomic mass is 10.3. The highest BCUT2D eigenvalue weighted by Gasteiger charge is 2.19. The van der Waals surface area contributed by atoms with Crippen LogP contribution in [0.2, 0.25) is 0 Å². The first kappa shape index (κ1) is 15.8. The average Bonchev–Trinajstić information content (AvgIpc) is 2.94. The Morgan fingerprint density at radius 2 is 2.14 bits per heavy atom. The second-order valence-corrected chi connectivity index (χ2v) is 4.46. The number of aliphatic hydroxyl groups excluding tert-OH is 1. The zero-order valence-corrected chi connectivity index (χ0v) is 12.1. The third-order valence-electron chi connectivity index (χ3n) is 2.98. The summed E-state index contributed by atoms with van der Waals surface area (Å²) in [6.45, 7) is 0.360. The van der Waals surface area contributed by atoms with Gasteiger partial charge in [0.2, 0.25) is 0 Å². The number of aliphatic hydroxyl groups is 1.